The number of hydrogen-bond acceptors (Lipinski definition) is 3. The summed E-state index contributed by atoms with van der Waals surface area (Å²) in [5, 5.41) is 4.48. The average Bonchev–Trinajstić information content (AvgIpc) is 2.57. The summed E-state index contributed by atoms with van der Waals surface area (Å²) in [7, 11) is 0. The first-order valence-corrected chi connectivity index (χ1v) is 5.97. The van der Waals surface area contributed by atoms with Gasteiger partial charge < -0.3 is 5.73 Å². The zero-order valence-electron chi connectivity index (χ0n) is 9.37. The van der Waals surface area contributed by atoms with Gasteiger partial charge in [-0.2, -0.15) is 5.10 Å². The Morgan fingerprint density at radius 2 is 2.38 bits per heavy atom. The lowest BCUT2D eigenvalue weighted by atomic mass is 9.74. The van der Waals surface area contributed by atoms with Crippen LogP contribution in [0.3, 0.4) is 0 Å². The summed E-state index contributed by atoms with van der Waals surface area (Å²) in [5.74, 6) is 0.00606. The van der Waals surface area contributed by atoms with Crippen LogP contribution in [-0.2, 0) is 6.54 Å². The van der Waals surface area contributed by atoms with Gasteiger partial charge in [0.25, 0.3) is 0 Å². The van der Waals surface area contributed by atoms with Crippen LogP contribution in [0, 0.1) is 0 Å². The van der Waals surface area contributed by atoms with Gasteiger partial charge in [-0.15, -0.1) is 0 Å². The molecule has 88 valence electrons. The number of ketones is 1. The van der Waals surface area contributed by atoms with Gasteiger partial charge in [-0.3, -0.25) is 9.48 Å². The van der Waals surface area contributed by atoms with E-state index in [-0.39, 0.29) is 11.3 Å². The van der Waals surface area contributed by atoms with Crippen molar-refractivity contribution in [1.82, 2.24) is 9.78 Å². The molecule has 2 N–H and O–H groups in total. The molecule has 0 spiro atoms. The number of aryl methyl sites for hydroxylation is 1. The minimum absolute atomic E-state index is 0.00606. The van der Waals surface area contributed by atoms with Gasteiger partial charge in [0.2, 0.25) is 0 Å². The van der Waals surface area contributed by atoms with E-state index >= 15 is 0 Å². The van der Waals surface area contributed by atoms with E-state index in [9.17, 15) is 4.79 Å². The molecule has 1 heterocycles. The van der Waals surface area contributed by atoms with Gasteiger partial charge in [-0.25, -0.2) is 0 Å². The van der Waals surface area contributed by atoms with E-state index in [4.69, 9.17) is 17.3 Å². The summed E-state index contributed by atoms with van der Waals surface area (Å²) < 4.78 is 1.63. The number of Topliss-reactive ketones (excluding diaryl/α,β-unsaturated/α-hetero) is 1. The maximum atomic E-state index is 12.1. The predicted octanol–water partition coefficient (Wildman–Crippen LogP) is 2.01. The number of carbonyl (C=O) groups excluding carboxylic acids is 1. The quantitative estimate of drug-likeness (QED) is 0.821. The van der Waals surface area contributed by atoms with Gasteiger partial charge in [0.1, 0.15) is 5.69 Å². The molecule has 0 saturated heterocycles. The molecule has 1 saturated carbocycles. The van der Waals surface area contributed by atoms with Crippen molar-refractivity contribution in [2.75, 3.05) is 0 Å². The molecular weight excluding hydrogens is 226 g/mol. The fourth-order valence-corrected chi connectivity index (χ4v) is 2.34. The van der Waals surface area contributed by atoms with Crippen LogP contribution in [0.1, 0.15) is 43.1 Å². The second-order valence-electron chi connectivity index (χ2n) is 4.47. The standard InChI is InChI=1S/C11H16ClN3O/c1-2-15-10(8(12)7-14-15)9(16)6-11(13)4-3-5-11/h7H,2-6,13H2,1H3. The number of nitrogens with zero attached hydrogens (tertiary/aromatic N) is 2. The normalized spacial score (nSPS) is 18.2. The Kier molecular flexibility index (Phi) is 3.04. The second kappa shape index (κ2) is 4.18. The minimum atomic E-state index is -0.302. The zero-order valence-corrected chi connectivity index (χ0v) is 10.1. The van der Waals surface area contributed by atoms with Gasteiger partial charge in [0.05, 0.1) is 11.2 Å². The number of hydrogen-bond donors (Lipinski definition) is 1. The highest BCUT2D eigenvalue weighted by Crippen LogP contribution is 2.33. The number of carbonyl (C=O) groups is 1. The molecule has 0 bridgehead atoms. The number of aromatic nitrogens is 2. The smallest absolute Gasteiger partial charge is 0.184 e. The van der Waals surface area contributed by atoms with Crippen LogP contribution in [0.4, 0.5) is 0 Å². The largest absolute Gasteiger partial charge is 0.325 e. The van der Waals surface area contributed by atoms with Crippen molar-refractivity contribution in [1.29, 1.82) is 0 Å². The molecule has 0 atom stereocenters. The molecule has 0 radical (unpaired) electrons. The van der Waals surface area contributed by atoms with Crippen molar-refractivity contribution < 1.29 is 4.79 Å². The third-order valence-corrected chi connectivity index (χ3v) is 3.50. The van der Waals surface area contributed by atoms with Crippen molar-refractivity contribution in [2.45, 2.75) is 44.7 Å². The van der Waals surface area contributed by atoms with E-state index in [1.54, 1.807) is 4.68 Å². The monoisotopic (exact) mass is 241 g/mol. The highest BCUT2D eigenvalue weighted by Gasteiger charge is 2.36. The van der Waals surface area contributed by atoms with E-state index in [2.05, 4.69) is 5.10 Å². The van der Waals surface area contributed by atoms with Crippen molar-refractivity contribution >= 4 is 17.4 Å². The fraction of sp³-hybridized carbons (Fsp3) is 0.636. The third-order valence-electron chi connectivity index (χ3n) is 3.22. The first kappa shape index (κ1) is 11.6. The van der Waals surface area contributed by atoms with Gasteiger partial charge in [0, 0.05) is 18.5 Å². The van der Waals surface area contributed by atoms with Gasteiger partial charge in [-0.05, 0) is 26.2 Å². The minimum Gasteiger partial charge on any atom is -0.325 e. The molecule has 0 unspecified atom stereocenters. The van der Waals surface area contributed by atoms with Crippen LogP contribution >= 0.6 is 11.6 Å². The Morgan fingerprint density at radius 3 is 2.88 bits per heavy atom. The highest BCUT2D eigenvalue weighted by atomic mass is 35.5. The molecule has 1 aromatic rings. The molecule has 1 aromatic heterocycles. The maximum absolute atomic E-state index is 12.1. The van der Waals surface area contributed by atoms with Gasteiger partial charge in [0.15, 0.2) is 5.78 Å². The summed E-state index contributed by atoms with van der Waals surface area (Å²) in [5.41, 5.74) is 6.26. The fourth-order valence-electron chi connectivity index (χ4n) is 2.09. The van der Waals surface area contributed by atoms with Crippen LogP contribution in [0.2, 0.25) is 5.02 Å². The molecule has 1 fully saturated rings. The zero-order chi connectivity index (χ0) is 11.8. The molecular formula is C11H16ClN3O. The first-order chi connectivity index (χ1) is 7.56. The molecule has 1 aliphatic rings. The predicted molar refractivity (Wildman–Crippen MR) is 62.6 cm³/mol. The topological polar surface area (TPSA) is 60.9 Å². The third kappa shape index (κ3) is 1.99. The molecule has 2 rings (SSSR count). The van der Waals surface area contributed by atoms with Crippen LogP contribution < -0.4 is 5.73 Å². The Morgan fingerprint density at radius 1 is 1.69 bits per heavy atom. The molecule has 5 heteroatoms. The number of nitrogens with two attached hydrogens (primary N) is 1. The van der Waals surface area contributed by atoms with Crippen LogP contribution in [0.15, 0.2) is 6.20 Å². The second-order valence-corrected chi connectivity index (χ2v) is 4.88. The molecule has 0 amide bonds. The Bertz CT molecular complexity index is 409. The van der Waals surface area contributed by atoms with E-state index in [1.165, 1.54) is 6.20 Å². The van der Waals surface area contributed by atoms with E-state index in [1.807, 2.05) is 6.92 Å². The summed E-state index contributed by atoms with van der Waals surface area (Å²) in [6.45, 7) is 2.58. The summed E-state index contributed by atoms with van der Waals surface area (Å²) in [4.78, 5) is 12.1. The number of halogens is 1. The lowest BCUT2D eigenvalue weighted by Gasteiger charge is -2.37. The van der Waals surface area contributed by atoms with E-state index in [0.29, 0.717) is 23.7 Å². The highest BCUT2D eigenvalue weighted by molar-refractivity contribution is 6.33. The van der Waals surface area contributed by atoms with Crippen LogP contribution in [-0.4, -0.2) is 21.1 Å². The lowest BCUT2D eigenvalue weighted by molar-refractivity contribution is 0.0902. The SMILES string of the molecule is CCn1ncc(Cl)c1C(=O)CC1(N)CCC1. The van der Waals surface area contributed by atoms with Gasteiger partial charge >= 0.3 is 0 Å². The average molecular weight is 242 g/mol. The summed E-state index contributed by atoms with van der Waals surface area (Å²) in [6, 6.07) is 0. The van der Waals surface area contributed by atoms with Crippen LogP contribution in [0.5, 0.6) is 0 Å². The first-order valence-electron chi connectivity index (χ1n) is 5.59. The van der Waals surface area contributed by atoms with Crippen molar-refractivity contribution in [3.63, 3.8) is 0 Å². The van der Waals surface area contributed by atoms with E-state index in [0.717, 1.165) is 19.3 Å². The lowest BCUT2D eigenvalue weighted by Crippen LogP contribution is -2.48. The molecule has 0 aliphatic heterocycles. The van der Waals surface area contributed by atoms with Crippen molar-refractivity contribution in [3.8, 4) is 0 Å². The number of rotatable bonds is 4. The molecule has 16 heavy (non-hydrogen) atoms. The van der Waals surface area contributed by atoms with Crippen molar-refractivity contribution in [2.24, 2.45) is 5.73 Å². The molecule has 0 aromatic carbocycles. The summed E-state index contributed by atoms with van der Waals surface area (Å²) in [6.07, 6.45) is 4.86. The van der Waals surface area contributed by atoms with Crippen molar-refractivity contribution in [3.05, 3.63) is 16.9 Å². The maximum Gasteiger partial charge on any atom is 0.184 e. The Balaban J connectivity index is 2.16. The summed E-state index contributed by atoms with van der Waals surface area (Å²) >= 11 is 5.96. The van der Waals surface area contributed by atoms with Gasteiger partial charge in [-0.1, -0.05) is 11.6 Å². The Hall–Kier alpha value is -0.870. The molecule has 1 aliphatic carbocycles. The van der Waals surface area contributed by atoms with Crippen LogP contribution in [0.25, 0.3) is 0 Å². The Labute approximate surface area is 99.8 Å². The molecule has 4 nitrogen and oxygen atoms in total. The van der Waals surface area contributed by atoms with E-state index < -0.39 is 0 Å².